The minimum Gasteiger partial charge on any atom is -0.508 e. The van der Waals surface area contributed by atoms with Crippen molar-refractivity contribution >= 4 is 23.1 Å². The Bertz CT molecular complexity index is 497. The van der Waals surface area contributed by atoms with E-state index in [4.69, 9.17) is 11.5 Å². The highest BCUT2D eigenvalue weighted by atomic mass is 32.2. The van der Waals surface area contributed by atoms with E-state index < -0.39 is 0 Å². The summed E-state index contributed by atoms with van der Waals surface area (Å²) < 4.78 is 0. The number of nitrogen functional groups attached to an aromatic ring is 2. The molecule has 0 radical (unpaired) electrons. The molecule has 0 unspecified atom stereocenters. The molecular weight excluding hydrogens is 220 g/mol. The van der Waals surface area contributed by atoms with Gasteiger partial charge in [-0.25, -0.2) is 0 Å². The molecule has 0 atom stereocenters. The molecule has 0 bridgehead atoms. The molecule has 2 aromatic carbocycles. The van der Waals surface area contributed by atoms with Crippen LogP contribution in [0.15, 0.2) is 52.3 Å². The fourth-order valence-electron chi connectivity index (χ4n) is 1.29. The second-order valence-electron chi connectivity index (χ2n) is 3.39. The standard InChI is InChI=1S/C12H12N2OS/c13-8-1-4-10(5-2-8)16-12-6-3-9(15)7-11(12)14/h1-7,15H,13-14H2. The SMILES string of the molecule is Nc1ccc(Sc2ccc(O)cc2N)cc1. The van der Waals surface area contributed by atoms with Gasteiger partial charge < -0.3 is 16.6 Å². The molecule has 0 fully saturated rings. The van der Waals surface area contributed by atoms with Crippen molar-refractivity contribution in [1.29, 1.82) is 0 Å². The molecule has 0 aromatic heterocycles. The van der Waals surface area contributed by atoms with Gasteiger partial charge in [-0.1, -0.05) is 11.8 Å². The van der Waals surface area contributed by atoms with E-state index in [1.165, 1.54) is 11.8 Å². The molecule has 0 saturated heterocycles. The lowest BCUT2D eigenvalue weighted by Crippen LogP contribution is -1.88. The molecule has 0 aliphatic carbocycles. The maximum atomic E-state index is 9.23. The third-order valence-corrected chi connectivity index (χ3v) is 3.20. The van der Waals surface area contributed by atoms with Crippen LogP contribution in [0.1, 0.15) is 0 Å². The van der Waals surface area contributed by atoms with Crippen molar-refractivity contribution < 1.29 is 5.11 Å². The van der Waals surface area contributed by atoms with E-state index in [1.807, 2.05) is 24.3 Å². The van der Waals surface area contributed by atoms with E-state index in [0.717, 1.165) is 15.5 Å². The number of phenols is 1. The Morgan fingerprint density at radius 1 is 0.938 bits per heavy atom. The number of benzene rings is 2. The minimum atomic E-state index is 0.180. The molecule has 0 spiro atoms. The van der Waals surface area contributed by atoms with E-state index in [2.05, 4.69) is 0 Å². The molecule has 0 aliphatic rings. The number of nitrogens with two attached hydrogens (primary N) is 2. The Hall–Kier alpha value is -1.81. The number of hydrogen-bond acceptors (Lipinski definition) is 4. The molecule has 3 nitrogen and oxygen atoms in total. The maximum absolute atomic E-state index is 9.23. The molecule has 4 heteroatoms. The molecule has 0 amide bonds. The van der Waals surface area contributed by atoms with Gasteiger partial charge in [-0.2, -0.15) is 0 Å². The zero-order valence-electron chi connectivity index (χ0n) is 8.55. The Labute approximate surface area is 98.1 Å². The number of rotatable bonds is 2. The average molecular weight is 232 g/mol. The Morgan fingerprint density at radius 3 is 2.25 bits per heavy atom. The molecule has 0 heterocycles. The van der Waals surface area contributed by atoms with Crippen LogP contribution < -0.4 is 11.5 Å². The van der Waals surface area contributed by atoms with Crippen molar-refractivity contribution in [3.05, 3.63) is 42.5 Å². The molecule has 2 rings (SSSR count). The molecule has 16 heavy (non-hydrogen) atoms. The van der Waals surface area contributed by atoms with Gasteiger partial charge in [0.15, 0.2) is 0 Å². The summed E-state index contributed by atoms with van der Waals surface area (Å²) in [5, 5.41) is 9.23. The van der Waals surface area contributed by atoms with Gasteiger partial charge in [-0.3, -0.25) is 0 Å². The zero-order chi connectivity index (χ0) is 11.5. The smallest absolute Gasteiger partial charge is 0.117 e. The van der Waals surface area contributed by atoms with Gasteiger partial charge in [0.25, 0.3) is 0 Å². The van der Waals surface area contributed by atoms with Crippen molar-refractivity contribution in [2.24, 2.45) is 0 Å². The summed E-state index contributed by atoms with van der Waals surface area (Å²) in [5.41, 5.74) is 12.7. The van der Waals surface area contributed by atoms with Crippen molar-refractivity contribution in [3.8, 4) is 5.75 Å². The van der Waals surface area contributed by atoms with Crippen LogP contribution in [0.2, 0.25) is 0 Å². The largest absolute Gasteiger partial charge is 0.508 e. The Kier molecular flexibility index (Phi) is 2.92. The first-order valence-corrected chi connectivity index (χ1v) is 5.59. The van der Waals surface area contributed by atoms with Gasteiger partial charge in [0.1, 0.15) is 5.75 Å². The van der Waals surface area contributed by atoms with Crippen molar-refractivity contribution in [3.63, 3.8) is 0 Å². The number of phenolic OH excluding ortho intramolecular Hbond substituents is 1. The predicted molar refractivity (Wildman–Crippen MR) is 67.5 cm³/mol. The van der Waals surface area contributed by atoms with E-state index in [-0.39, 0.29) is 5.75 Å². The van der Waals surface area contributed by atoms with E-state index in [9.17, 15) is 5.11 Å². The quantitative estimate of drug-likeness (QED) is 0.696. The Balaban J connectivity index is 2.23. The van der Waals surface area contributed by atoms with Crippen LogP contribution in [0.5, 0.6) is 5.75 Å². The van der Waals surface area contributed by atoms with E-state index in [1.54, 1.807) is 18.2 Å². The van der Waals surface area contributed by atoms with Gasteiger partial charge in [-0.05, 0) is 36.4 Å². The summed E-state index contributed by atoms with van der Waals surface area (Å²) >= 11 is 1.54. The summed E-state index contributed by atoms with van der Waals surface area (Å²) in [6.45, 7) is 0. The summed E-state index contributed by atoms with van der Waals surface area (Å²) in [5.74, 6) is 0.180. The van der Waals surface area contributed by atoms with Crippen LogP contribution in [-0.4, -0.2) is 5.11 Å². The normalized spacial score (nSPS) is 10.2. The van der Waals surface area contributed by atoms with Crippen molar-refractivity contribution in [2.75, 3.05) is 11.5 Å². The second-order valence-corrected chi connectivity index (χ2v) is 4.51. The fraction of sp³-hybridized carbons (Fsp3) is 0. The topological polar surface area (TPSA) is 72.3 Å². The summed E-state index contributed by atoms with van der Waals surface area (Å²) in [6, 6.07) is 12.5. The number of hydrogen-bond donors (Lipinski definition) is 3. The van der Waals surface area contributed by atoms with Crippen LogP contribution in [0.3, 0.4) is 0 Å². The van der Waals surface area contributed by atoms with Gasteiger partial charge >= 0.3 is 0 Å². The molecular formula is C12H12N2OS. The van der Waals surface area contributed by atoms with Gasteiger partial charge in [0.2, 0.25) is 0 Å². The minimum absolute atomic E-state index is 0.180. The molecule has 82 valence electrons. The van der Waals surface area contributed by atoms with Crippen LogP contribution >= 0.6 is 11.8 Å². The second kappa shape index (κ2) is 4.37. The van der Waals surface area contributed by atoms with Crippen molar-refractivity contribution in [2.45, 2.75) is 9.79 Å². The van der Waals surface area contributed by atoms with Crippen LogP contribution in [0.25, 0.3) is 0 Å². The highest BCUT2D eigenvalue weighted by molar-refractivity contribution is 7.99. The predicted octanol–water partition coefficient (Wildman–Crippen LogP) is 2.71. The molecule has 5 N–H and O–H groups in total. The molecule has 0 saturated carbocycles. The van der Waals surface area contributed by atoms with Crippen LogP contribution in [0, 0.1) is 0 Å². The lowest BCUT2D eigenvalue weighted by atomic mass is 10.3. The van der Waals surface area contributed by atoms with Gasteiger partial charge in [0.05, 0.1) is 0 Å². The summed E-state index contributed by atoms with van der Waals surface area (Å²) in [7, 11) is 0. The number of aromatic hydroxyl groups is 1. The lowest BCUT2D eigenvalue weighted by molar-refractivity contribution is 0.475. The summed E-state index contributed by atoms with van der Waals surface area (Å²) in [4.78, 5) is 1.98. The van der Waals surface area contributed by atoms with Crippen molar-refractivity contribution in [1.82, 2.24) is 0 Å². The van der Waals surface area contributed by atoms with E-state index >= 15 is 0 Å². The monoisotopic (exact) mass is 232 g/mol. The van der Waals surface area contributed by atoms with Crippen LogP contribution in [0.4, 0.5) is 11.4 Å². The molecule has 2 aromatic rings. The first-order chi connectivity index (χ1) is 7.65. The van der Waals surface area contributed by atoms with Gasteiger partial charge in [-0.15, -0.1) is 0 Å². The van der Waals surface area contributed by atoms with Crippen LogP contribution in [-0.2, 0) is 0 Å². The lowest BCUT2D eigenvalue weighted by Gasteiger charge is -2.05. The highest BCUT2D eigenvalue weighted by Gasteiger charge is 2.02. The fourth-order valence-corrected chi connectivity index (χ4v) is 2.13. The highest BCUT2D eigenvalue weighted by Crippen LogP contribution is 2.33. The first-order valence-electron chi connectivity index (χ1n) is 4.77. The number of anilines is 2. The third kappa shape index (κ3) is 2.41. The molecule has 0 aliphatic heterocycles. The van der Waals surface area contributed by atoms with Gasteiger partial charge in [0, 0.05) is 27.2 Å². The summed E-state index contributed by atoms with van der Waals surface area (Å²) in [6.07, 6.45) is 0. The third-order valence-electron chi connectivity index (χ3n) is 2.10. The zero-order valence-corrected chi connectivity index (χ0v) is 9.37. The maximum Gasteiger partial charge on any atom is 0.117 e. The first kappa shape index (κ1) is 10.7. The average Bonchev–Trinajstić information content (AvgIpc) is 2.25. The van der Waals surface area contributed by atoms with E-state index in [0.29, 0.717) is 5.69 Å². The Morgan fingerprint density at radius 2 is 1.62 bits per heavy atom.